The van der Waals surface area contributed by atoms with Crippen LogP contribution >= 0.6 is 0 Å². The topological polar surface area (TPSA) is 50.9 Å². The number of nitrogens with zero attached hydrogens (tertiary/aromatic N) is 1. The van der Waals surface area contributed by atoms with Crippen LogP contribution in [0.1, 0.15) is 51.5 Å². The van der Waals surface area contributed by atoms with Gasteiger partial charge in [-0.1, -0.05) is 32.6 Å². The quantitative estimate of drug-likeness (QED) is 0.708. The highest BCUT2D eigenvalue weighted by Crippen LogP contribution is 2.15. The fourth-order valence-electron chi connectivity index (χ4n) is 1.85. The van der Waals surface area contributed by atoms with Gasteiger partial charge < -0.3 is 11.1 Å². The first kappa shape index (κ1) is 13.8. The Morgan fingerprint density at radius 2 is 2.12 bits per heavy atom. The van der Waals surface area contributed by atoms with E-state index in [-0.39, 0.29) is 0 Å². The van der Waals surface area contributed by atoms with Gasteiger partial charge >= 0.3 is 0 Å². The molecule has 0 aliphatic carbocycles. The van der Waals surface area contributed by atoms with Crippen LogP contribution < -0.4 is 11.1 Å². The highest BCUT2D eigenvalue weighted by atomic mass is 15.0. The molecule has 0 spiro atoms. The van der Waals surface area contributed by atoms with Gasteiger partial charge in [0.05, 0.1) is 11.9 Å². The molecule has 0 aliphatic heterocycles. The molecule has 1 heterocycles. The van der Waals surface area contributed by atoms with Crippen molar-refractivity contribution in [3.8, 4) is 0 Å². The van der Waals surface area contributed by atoms with Crippen molar-refractivity contribution in [2.45, 2.75) is 58.9 Å². The Morgan fingerprint density at radius 3 is 2.76 bits per heavy atom. The number of unbranched alkanes of at least 4 members (excludes halogenated alkanes) is 3. The zero-order chi connectivity index (χ0) is 12.7. The minimum atomic E-state index is 0.474. The van der Waals surface area contributed by atoms with Gasteiger partial charge in [-0.2, -0.15) is 0 Å². The van der Waals surface area contributed by atoms with Crippen molar-refractivity contribution in [3.63, 3.8) is 0 Å². The summed E-state index contributed by atoms with van der Waals surface area (Å²) in [5.74, 6) is 0.930. The van der Waals surface area contributed by atoms with E-state index in [1.54, 1.807) is 6.20 Å². The maximum absolute atomic E-state index is 5.74. The van der Waals surface area contributed by atoms with Crippen LogP contribution in [0.25, 0.3) is 0 Å². The second-order valence-electron chi connectivity index (χ2n) is 4.82. The standard InChI is InChI=1S/C14H25N3/c1-4-5-6-7-8-12(3)17-14-9-11(2)13(15)10-16-14/h9-10,12H,4-8,15H2,1-3H3,(H,16,17). The summed E-state index contributed by atoms with van der Waals surface area (Å²) in [5, 5.41) is 3.42. The minimum absolute atomic E-state index is 0.474. The zero-order valence-electron chi connectivity index (χ0n) is 11.3. The minimum Gasteiger partial charge on any atom is -0.397 e. The van der Waals surface area contributed by atoms with Gasteiger partial charge in [-0.15, -0.1) is 0 Å². The van der Waals surface area contributed by atoms with E-state index in [2.05, 4.69) is 24.1 Å². The summed E-state index contributed by atoms with van der Waals surface area (Å²) >= 11 is 0. The molecular formula is C14H25N3. The summed E-state index contributed by atoms with van der Waals surface area (Å²) < 4.78 is 0. The fraction of sp³-hybridized carbons (Fsp3) is 0.643. The van der Waals surface area contributed by atoms with Crippen molar-refractivity contribution in [3.05, 3.63) is 17.8 Å². The third-order valence-electron chi connectivity index (χ3n) is 3.04. The lowest BCUT2D eigenvalue weighted by Gasteiger charge is -2.15. The smallest absolute Gasteiger partial charge is 0.126 e. The SMILES string of the molecule is CCCCCCC(C)Nc1cc(C)c(N)cn1. The van der Waals surface area contributed by atoms with Crippen molar-refractivity contribution in [1.29, 1.82) is 0 Å². The fourth-order valence-corrected chi connectivity index (χ4v) is 1.85. The Kier molecular flexibility index (Phi) is 5.81. The molecule has 0 aromatic carbocycles. The van der Waals surface area contributed by atoms with Crippen LogP contribution in [-0.2, 0) is 0 Å². The predicted octanol–water partition coefficient (Wildman–Crippen LogP) is 3.74. The van der Waals surface area contributed by atoms with Gasteiger partial charge in [-0.05, 0) is 31.9 Å². The molecule has 96 valence electrons. The van der Waals surface area contributed by atoms with E-state index < -0.39 is 0 Å². The summed E-state index contributed by atoms with van der Waals surface area (Å²) in [6, 6.07) is 2.49. The monoisotopic (exact) mass is 235 g/mol. The summed E-state index contributed by atoms with van der Waals surface area (Å²) in [6.07, 6.45) is 8.17. The van der Waals surface area contributed by atoms with Crippen LogP contribution in [0.4, 0.5) is 11.5 Å². The molecule has 0 fully saturated rings. The number of hydrogen-bond donors (Lipinski definition) is 2. The second-order valence-corrected chi connectivity index (χ2v) is 4.82. The molecule has 1 rings (SSSR count). The molecular weight excluding hydrogens is 210 g/mol. The van der Waals surface area contributed by atoms with Gasteiger partial charge in [0, 0.05) is 6.04 Å². The molecule has 1 aromatic rings. The molecule has 0 saturated carbocycles. The second kappa shape index (κ2) is 7.15. The van der Waals surface area contributed by atoms with E-state index in [1.807, 2.05) is 13.0 Å². The van der Waals surface area contributed by atoms with Crippen molar-refractivity contribution < 1.29 is 0 Å². The van der Waals surface area contributed by atoms with Crippen molar-refractivity contribution in [2.75, 3.05) is 11.1 Å². The number of nitrogens with one attached hydrogen (secondary N) is 1. The Hall–Kier alpha value is -1.25. The van der Waals surface area contributed by atoms with Gasteiger partial charge in [-0.25, -0.2) is 4.98 Å². The van der Waals surface area contributed by atoms with E-state index in [0.29, 0.717) is 6.04 Å². The molecule has 3 N–H and O–H groups in total. The molecule has 1 aromatic heterocycles. The number of nitrogen functional groups attached to an aromatic ring is 1. The Labute approximate surface area is 105 Å². The lowest BCUT2D eigenvalue weighted by molar-refractivity contribution is 0.593. The average molecular weight is 235 g/mol. The Balaban J connectivity index is 2.34. The van der Waals surface area contributed by atoms with Crippen LogP contribution in [-0.4, -0.2) is 11.0 Å². The van der Waals surface area contributed by atoms with Gasteiger partial charge in [0.2, 0.25) is 0 Å². The summed E-state index contributed by atoms with van der Waals surface area (Å²) in [6.45, 7) is 6.45. The van der Waals surface area contributed by atoms with Crippen LogP contribution in [0.2, 0.25) is 0 Å². The van der Waals surface area contributed by atoms with Crippen molar-refractivity contribution in [1.82, 2.24) is 4.98 Å². The molecule has 0 amide bonds. The van der Waals surface area contributed by atoms with Gasteiger partial charge in [0.25, 0.3) is 0 Å². The number of anilines is 2. The molecule has 1 unspecified atom stereocenters. The van der Waals surface area contributed by atoms with Crippen LogP contribution in [0.5, 0.6) is 0 Å². The van der Waals surface area contributed by atoms with Gasteiger partial charge in [-0.3, -0.25) is 0 Å². The third kappa shape index (κ3) is 5.07. The third-order valence-corrected chi connectivity index (χ3v) is 3.04. The number of pyridine rings is 1. The van der Waals surface area contributed by atoms with Crippen LogP contribution in [0.3, 0.4) is 0 Å². The van der Waals surface area contributed by atoms with Gasteiger partial charge in [0.1, 0.15) is 5.82 Å². The lowest BCUT2D eigenvalue weighted by Crippen LogP contribution is -2.16. The molecule has 3 heteroatoms. The molecule has 17 heavy (non-hydrogen) atoms. The zero-order valence-corrected chi connectivity index (χ0v) is 11.3. The Bertz CT molecular complexity index is 336. The predicted molar refractivity (Wildman–Crippen MR) is 75.2 cm³/mol. The summed E-state index contributed by atoms with van der Waals surface area (Å²) in [4.78, 5) is 4.29. The summed E-state index contributed by atoms with van der Waals surface area (Å²) in [5.41, 5.74) is 7.58. The molecule has 0 radical (unpaired) electrons. The first-order valence-electron chi connectivity index (χ1n) is 6.62. The summed E-state index contributed by atoms with van der Waals surface area (Å²) in [7, 11) is 0. The van der Waals surface area contributed by atoms with E-state index in [0.717, 1.165) is 17.1 Å². The average Bonchev–Trinajstić information content (AvgIpc) is 2.30. The van der Waals surface area contributed by atoms with E-state index in [4.69, 9.17) is 5.73 Å². The van der Waals surface area contributed by atoms with E-state index in [1.165, 1.54) is 32.1 Å². The maximum Gasteiger partial charge on any atom is 0.126 e. The normalized spacial score (nSPS) is 12.4. The van der Waals surface area contributed by atoms with E-state index in [9.17, 15) is 0 Å². The first-order chi connectivity index (χ1) is 8.13. The number of rotatable bonds is 7. The largest absolute Gasteiger partial charge is 0.397 e. The Morgan fingerprint density at radius 1 is 1.35 bits per heavy atom. The first-order valence-corrected chi connectivity index (χ1v) is 6.62. The molecule has 0 saturated heterocycles. The number of nitrogens with two attached hydrogens (primary N) is 1. The number of aryl methyl sites for hydroxylation is 1. The van der Waals surface area contributed by atoms with Crippen LogP contribution in [0.15, 0.2) is 12.3 Å². The number of hydrogen-bond acceptors (Lipinski definition) is 3. The lowest BCUT2D eigenvalue weighted by atomic mass is 10.1. The van der Waals surface area contributed by atoms with E-state index >= 15 is 0 Å². The molecule has 3 nitrogen and oxygen atoms in total. The van der Waals surface area contributed by atoms with Crippen LogP contribution in [0, 0.1) is 6.92 Å². The number of aromatic nitrogens is 1. The highest BCUT2D eigenvalue weighted by Gasteiger charge is 2.03. The van der Waals surface area contributed by atoms with Crippen molar-refractivity contribution in [2.24, 2.45) is 0 Å². The van der Waals surface area contributed by atoms with Gasteiger partial charge in [0.15, 0.2) is 0 Å². The molecule has 1 atom stereocenters. The molecule has 0 bridgehead atoms. The molecule has 0 aliphatic rings. The maximum atomic E-state index is 5.74. The highest BCUT2D eigenvalue weighted by molar-refractivity contribution is 5.51. The van der Waals surface area contributed by atoms with Crippen molar-refractivity contribution >= 4 is 11.5 Å².